The van der Waals surface area contributed by atoms with Crippen LogP contribution in [0.3, 0.4) is 0 Å². The van der Waals surface area contributed by atoms with Crippen LogP contribution in [0.15, 0.2) is 0 Å². The molecule has 0 bridgehead atoms. The SMILES string of the molecule is CCCCCCC(O)CCCCCCCCCCC(=O)OC(=O)CC. The van der Waals surface area contributed by atoms with Crippen molar-refractivity contribution in [2.45, 2.75) is 123 Å². The van der Waals surface area contributed by atoms with E-state index in [1.807, 2.05) is 0 Å². The second-order valence-corrected chi connectivity index (χ2v) is 7.07. The molecule has 25 heavy (non-hydrogen) atoms. The second-order valence-electron chi connectivity index (χ2n) is 7.07. The van der Waals surface area contributed by atoms with Gasteiger partial charge >= 0.3 is 11.9 Å². The highest BCUT2D eigenvalue weighted by Gasteiger charge is 2.07. The first-order chi connectivity index (χ1) is 12.1. The molecule has 1 unspecified atom stereocenters. The fourth-order valence-electron chi connectivity index (χ4n) is 2.91. The first-order valence-electron chi connectivity index (χ1n) is 10.5. The molecule has 0 spiro atoms. The Labute approximate surface area is 154 Å². The molecule has 0 heterocycles. The van der Waals surface area contributed by atoms with Crippen LogP contribution >= 0.6 is 0 Å². The number of carbonyl (C=O) groups excluding carboxylic acids is 2. The van der Waals surface area contributed by atoms with Crippen LogP contribution in [-0.2, 0) is 14.3 Å². The van der Waals surface area contributed by atoms with Crippen molar-refractivity contribution < 1.29 is 19.4 Å². The molecule has 148 valence electrons. The van der Waals surface area contributed by atoms with Crippen LogP contribution in [-0.4, -0.2) is 23.1 Å². The first kappa shape index (κ1) is 24.1. The van der Waals surface area contributed by atoms with Gasteiger partial charge in [-0.3, -0.25) is 9.59 Å². The van der Waals surface area contributed by atoms with Crippen molar-refractivity contribution in [2.24, 2.45) is 0 Å². The number of unbranched alkanes of at least 4 members (excludes halogenated alkanes) is 10. The lowest BCUT2D eigenvalue weighted by Gasteiger charge is -2.10. The lowest BCUT2D eigenvalue weighted by Crippen LogP contribution is -2.10. The van der Waals surface area contributed by atoms with Gasteiger partial charge in [0, 0.05) is 12.8 Å². The van der Waals surface area contributed by atoms with E-state index in [1.54, 1.807) is 6.92 Å². The van der Waals surface area contributed by atoms with Crippen LogP contribution in [0.4, 0.5) is 0 Å². The number of aliphatic hydroxyl groups is 1. The maximum Gasteiger partial charge on any atom is 0.313 e. The van der Waals surface area contributed by atoms with Gasteiger partial charge in [0.2, 0.25) is 0 Å². The molecule has 0 aromatic rings. The highest BCUT2D eigenvalue weighted by Crippen LogP contribution is 2.14. The quantitative estimate of drug-likeness (QED) is 0.206. The Bertz CT molecular complexity index is 328. The molecule has 0 saturated heterocycles. The van der Waals surface area contributed by atoms with Crippen LogP contribution < -0.4 is 0 Å². The molecule has 0 aromatic heterocycles. The van der Waals surface area contributed by atoms with Gasteiger partial charge in [0.15, 0.2) is 0 Å². The average Bonchev–Trinajstić information content (AvgIpc) is 2.60. The Hall–Kier alpha value is -0.900. The smallest absolute Gasteiger partial charge is 0.313 e. The Kier molecular flexibility index (Phi) is 17.3. The minimum atomic E-state index is -0.434. The number of hydrogen-bond acceptors (Lipinski definition) is 4. The molecule has 4 nitrogen and oxygen atoms in total. The molecule has 0 radical (unpaired) electrons. The zero-order valence-corrected chi connectivity index (χ0v) is 16.6. The Morgan fingerprint density at radius 1 is 0.720 bits per heavy atom. The van der Waals surface area contributed by atoms with Gasteiger partial charge < -0.3 is 9.84 Å². The molecular weight excluding hydrogens is 316 g/mol. The third kappa shape index (κ3) is 17.7. The molecule has 0 aliphatic heterocycles. The Morgan fingerprint density at radius 3 is 1.72 bits per heavy atom. The summed E-state index contributed by atoms with van der Waals surface area (Å²) in [6.07, 6.45) is 16.3. The molecule has 0 aromatic carbocycles. The van der Waals surface area contributed by atoms with Gasteiger partial charge in [-0.25, -0.2) is 0 Å². The zero-order chi connectivity index (χ0) is 18.8. The fourth-order valence-corrected chi connectivity index (χ4v) is 2.91. The second kappa shape index (κ2) is 17.9. The summed E-state index contributed by atoms with van der Waals surface area (Å²) in [5.74, 6) is -0.823. The zero-order valence-electron chi connectivity index (χ0n) is 16.6. The van der Waals surface area contributed by atoms with Crippen LogP contribution in [0, 0.1) is 0 Å². The first-order valence-corrected chi connectivity index (χ1v) is 10.5. The summed E-state index contributed by atoms with van der Waals surface area (Å²) < 4.78 is 4.63. The number of esters is 2. The Balaban J connectivity index is 3.25. The van der Waals surface area contributed by atoms with E-state index in [-0.39, 0.29) is 18.5 Å². The van der Waals surface area contributed by atoms with Crippen molar-refractivity contribution in [3.8, 4) is 0 Å². The van der Waals surface area contributed by atoms with E-state index in [4.69, 9.17) is 0 Å². The monoisotopic (exact) mass is 356 g/mol. The average molecular weight is 357 g/mol. The molecule has 0 amide bonds. The van der Waals surface area contributed by atoms with E-state index in [9.17, 15) is 14.7 Å². The fraction of sp³-hybridized carbons (Fsp3) is 0.905. The highest BCUT2D eigenvalue weighted by molar-refractivity contribution is 5.85. The summed E-state index contributed by atoms with van der Waals surface area (Å²) in [6.45, 7) is 3.89. The minimum Gasteiger partial charge on any atom is -0.393 e. The summed E-state index contributed by atoms with van der Waals surface area (Å²) >= 11 is 0. The van der Waals surface area contributed by atoms with Gasteiger partial charge in [-0.15, -0.1) is 0 Å². The van der Waals surface area contributed by atoms with E-state index in [2.05, 4.69) is 11.7 Å². The Morgan fingerprint density at radius 2 is 1.20 bits per heavy atom. The molecular formula is C21H40O4. The summed E-state index contributed by atoms with van der Waals surface area (Å²) in [4.78, 5) is 22.3. The molecule has 1 atom stereocenters. The molecule has 0 rings (SSSR count). The standard InChI is InChI=1S/C21H40O4/c1-3-5-6-13-16-19(22)17-14-11-9-7-8-10-12-15-18-21(24)25-20(23)4-2/h19,22H,3-18H2,1-2H3. The van der Waals surface area contributed by atoms with Gasteiger partial charge in [0.1, 0.15) is 0 Å². The summed E-state index contributed by atoms with van der Waals surface area (Å²) in [7, 11) is 0. The third-order valence-corrected chi connectivity index (χ3v) is 4.58. The van der Waals surface area contributed by atoms with Crippen molar-refractivity contribution in [1.82, 2.24) is 0 Å². The van der Waals surface area contributed by atoms with Crippen LogP contribution in [0.2, 0.25) is 0 Å². The number of aliphatic hydroxyl groups excluding tert-OH is 1. The van der Waals surface area contributed by atoms with Crippen molar-refractivity contribution in [1.29, 1.82) is 0 Å². The molecule has 0 saturated carbocycles. The van der Waals surface area contributed by atoms with Crippen LogP contribution in [0.25, 0.3) is 0 Å². The summed E-state index contributed by atoms with van der Waals surface area (Å²) in [6, 6.07) is 0. The van der Waals surface area contributed by atoms with Crippen molar-refractivity contribution >= 4 is 11.9 Å². The summed E-state index contributed by atoms with van der Waals surface area (Å²) in [5, 5.41) is 9.90. The molecule has 0 aliphatic rings. The number of carbonyl (C=O) groups is 2. The van der Waals surface area contributed by atoms with Gasteiger partial charge in [0.25, 0.3) is 0 Å². The van der Waals surface area contributed by atoms with E-state index in [0.717, 1.165) is 44.9 Å². The highest BCUT2D eigenvalue weighted by atomic mass is 16.6. The molecule has 1 N–H and O–H groups in total. The number of rotatable bonds is 17. The van der Waals surface area contributed by atoms with Gasteiger partial charge in [-0.1, -0.05) is 84.5 Å². The van der Waals surface area contributed by atoms with E-state index in [0.29, 0.717) is 6.42 Å². The third-order valence-electron chi connectivity index (χ3n) is 4.58. The van der Waals surface area contributed by atoms with Crippen molar-refractivity contribution in [3.63, 3.8) is 0 Å². The predicted molar refractivity (Wildman–Crippen MR) is 102 cm³/mol. The van der Waals surface area contributed by atoms with Crippen LogP contribution in [0.5, 0.6) is 0 Å². The molecule has 4 heteroatoms. The van der Waals surface area contributed by atoms with Gasteiger partial charge in [0.05, 0.1) is 6.10 Å². The number of hydrogen-bond donors (Lipinski definition) is 1. The maximum atomic E-state index is 11.3. The van der Waals surface area contributed by atoms with Gasteiger partial charge in [-0.05, 0) is 19.3 Å². The van der Waals surface area contributed by atoms with Gasteiger partial charge in [-0.2, -0.15) is 0 Å². The molecule has 0 aliphatic carbocycles. The number of ether oxygens (including phenoxy) is 1. The topological polar surface area (TPSA) is 63.6 Å². The minimum absolute atomic E-state index is 0.101. The predicted octanol–water partition coefficient (Wildman–Crippen LogP) is 5.70. The largest absolute Gasteiger partial charge is 0.393 e. The van der Waals surface area contributed by atoms with E-state index < -0.39 is 5.97 Å². The maximum absolute atomic E-state index is 11.3. The van der Waals surface area contributed by atoms with Crippen LogP contribution in [0.1, 0.15) is 117 Å². The lowest BCUT2D eigenvalue weighted by atomic mass is 10.0. The van der Waals surface area contributed by atoms with Crippen molar-refractivity contribution in [3.05, 3.63) is 0 Å². The van der Waals surface area contributed by atoms with Crippen molar-refractivity contribution in [2.75, 3.05) is 0 Å². The lowest BCUT2D eigenvalue weighted by molar-refractivity contribution is -0.159. The summed E-state index contributed by atoms with van der Waals surface area (Å²) in [5.41, 5.74) is 0. The van der Waals surface area contributed by atoms with E-state index in [1.165, 1.54) is 44.9 Å². The normalized spacial score (nSPS) is 12.1. The van der Waals surface area contributed by atoms with E-state index >= 15 is 0 Å². The molecule has 0 fully saturated rings.